The van der Waals surface area contributed by atoms with E-state index in [0.717, 1.165) is 0 Å². The predicted molar refractivity (Wildman–Crippen MR) is 82.6 cm³/mol. The van der Waals surface area contributed by atoms with Gasteiger partial charge in [0.1, 0.15) is 23.9 Å². The minimum atomic E-state index is -0.391. The Morgan fingerprint density at radius 3 is 2.67 bits per heavy atom. The van der Waals surface area contributed by atoms with Crippen LogP contribution in [0.15, 0.2) is 40.8 Å². The molecule has 0 unspecified atom stereocenters. The van der Waals surface area contributed by atoms with Crippen molar-refractivity contribution in [2.24, 2.45) is 11.7 Å². The second kappa shape index (κ2) is 6.74. The molecule has 7 heteroatoms. The Morgan fingerprint density at radius 2 is 2.00 bits per heavy atom. The summed E-state index contributed by atoms with van der Waals surface area (Å²) in [6, 6.07) is 8.85. The van der Waals surface area contributed by atoms with Crippen molar-refractivity contribution in [2.45, 2.75) is 13.0 Å². The molecule has 0 radical (unpaired) electrons. The van der Waals surface area contributed by atoms with E-state index < -0.39 is 5.91 Å². The van der Waals surface area contributed by atoms with Gasteiger partial charge in [-0.1, -0.05) is 0 Å². The summed E-state index contributed by atoms with van der Waals surface area (Å²) in [4.78, 5) is 25.1. The fraction of sp³-hybridized carbons (Fsp3) is 0.294. The van der Waals surface area contributed by atoms with E-state index in [2.05, 4.69) is 0 Å². The van der Waals surface area contributed by atoms with Crippen molar-refractivity contribution < 1.29 is 23.1 Å². The molecule has 6 nitrogen and oxygen atoms in total. The van der Waals surface area contributed by atoms with Crippen LogP contribution in [0, 0.1) is 11.7 Å². The Bertz CT molecular complexity index is 741. The molecule has 1 saturated heterocycles. The number of rotatable bonds is 5. The zero-order chi connectivity index (χ0) is 17.1. The highest BCUT2D eigenvalue weighted by Crippen LogP contribution is 2.20. The summed E-state index contributed by atoms with van der Waals surface area (Å²) >= 11 is 0. The zero-order valence-corrected chi connectivity index (χ0v) is 12.9. The maximum Gasteiger partial charge on any atom is 0.289 e. The van der Waals surface area contributed by atoms with Gasteiger partial charge in [0, 0.05) is 13.1 Å². The van der Waals surface area contributed by atoms with Crippen LogP contribution in [0.25, 0.3) is 0 Å². The average molecular weight is 332 g/mol. The Kier molecular flexibility index (Phi) is 4.50. The molecule has 126 valence electrons. The molecule has 1 aliphatic rings. The molecule has 1 aromatic heterocycles. The van der Waals surface area contributed by atoms with Crippen LogP contribution in [-0.2, 0) is 11.4 Å². The third-order valence-electron chi connectivity index (χ3n) is 3.95. The first-order valence-corrected chi connectivity index (χ1v) is 7.58. The van der Waals surface area contributed by atoms with Gasteiger partial charge in [0.2, 0.25) is 5.91 Å². The van der Waals surface area contributed by atoms with Crippen LogP contribution < -0.4 is 10.5 Å². The number of hydrogen-bond donors (Lipinski definition) is 1. The molecule has 0 bridgehead atoms. The van der Waals surface area contributed by atoms with Crippen molar-refractivity contribution in [3.63, 3.8) is 0 Å². The summed E-state index contributed by atoms with van der Waals surface area (Å²) in [5.74, 6) is -0.126. The van der Waals surface area contributed by atoms with Crippen molar-refractivity contribution in [3.8, 4) is 5.75 Å². The average Bonchev–Trinajstić information content (AvgIpc) is 3.23. The fourth-order valence-electron chi connectivity index (χ4n) is 2.59. The van der Waals surface area contributed by atoms with Crippen LogP contribution >= 0.6 is 0 Å². The largest absolute Gasteiger partial charge is 0.486 e. The molecule has 2 aromatic rings. The summed E-state index contributed by atoms with van der Waals surface area (Å²) in [5, 5.41) is 0. The molecule has 2 N–H and O–H groups in total. The molecule has 1 fully saturated rings. The van der Waals surface area contributed by atoms with Crippen LogP contribution in [0.2, 0.25) is 0 Å². The molecule has 3 rings (SSSR count). The van der Waals surface area contributed by atoms with Crippen molar-refractivity contribution in [1.29, 1.82) is 0 Å². The van der Waals surface area contributed by atoms with Crippen LogP contribution in [0.1, 0.15) is 22.7 Å². The van der Waals surface area contributed by atoms with Crippen molar-refractivity contribution in [3.05, 3.63) is 53.7 Å². The zero-order valence-electron chi connectivity index (χ0n) is 12.9. The van der Waals surface area contributed by atoms with Gasteiger partial charge in [-0.15, -0.1) is 0 Å². The molecule has 24 heavy (non-hydrogen) atoms. The quantitative estimate of drug-likeness (QED) is 0.907. The van der Waals surface area contributed by atoms with Gasteiger partial charge in [-0.25, -0.2) is 4.39 Å². The van der Waals surface area contributed by atoms with Gasteiger partial charge in [0.25, 0.3) is 5.91 Å². The summed E-state index contributed by atoms with van der Waals surface area (Å²) in [7, 11) is 0. The van der Waals surface area contributed by atoms with Crippen LogP contribution in [-0.4, -0.2) is 29.8 Å². The number of amides is 2. The topological polar surface area (TPSA) is 85.8 Å². The highest BCUT2D eigenvalue weighted by atomic mass is 19.1. The first kappa shape index (κ1) is 16.0. The van der Waals surface area contributed by atoms with Gasteiger partial charge in [0.05, 0.1) is 5.92 Å². The number of carbonyl (C=O) groups excluding carboxylic acids is 2. The number of primary amides is 1. The number of halogens is 1. The van der Waals surface area contributed by atoms with E-state index in [9.17, 15) is 14.0 Å². The lowest BCUT2D eigenvalue weighted by Crippen LogP contribution is -2.31. The van der Waals surface area contributed by atoms with E-state index in [0.29, 0.717) is 31.0 Å². The monoisotopic (exact) mass is 332 g/mol. The molecule has 0 spiro atoms. The SMILES string of the molecule is NC(=O)[C@H]1CCN(C(=O)c2ccc(COc3ccc(F)cc3)o2)C1. The molecular formula is C17H17FN2O4. The smallest absolute Gasteiger partial charge is 0.289 e. The molecule has 1 aliphatic heterocycles. The second-order valence-electron chi connectivity index (χ2n) is 5.65. The molecule has 1 aromatic carbocycles. The van der Waals surface area contributed by atoms with E-state index in [1.54, 1.807) is 17.0 Å². The molecule has 0 saturated carbocycles. The van der Waals surface area contributed by atoms with E-state index in [1.807, 2.05) is 0 Å². The van der Waals surface area contributed by atoms with Crippen LogP contribution in [0.4, 0.5) is 4.39 Å². The minimum Gasteiger partial charge on any atom is -0.486 e. The lowest BCUT2D eigenvalue weighted by Gasteiger charge is -2.13. The van der Waals surface area contributed by atoms with E-state index in [1.165, 1.54) is 24.3 Å². The molecule has 2 amide bonds. The Hall–Kier alpha value is -2.83. The van der Waals surface area contributed by atoms with Crippen LogP contribution in [0.5, 0.6) is 5.75 Å². The van der Waals surface area contributed by atoms with Gasteiger partial charge in [0.15, 0.2) is 5.76 Å². The molecular weight excluding hydrogens is 315 g/mol. The summed E-state index contributed by atoms with van der Waals surface area (Å²) in [6.45, 7) is 0.924. The molecule has 2 heterocycles. The first-order valence-electron chi connectivity index (χ1n) is 7.58. The number of nitrogens with zero attached hydrogens (tertiary/aromatic N) is 1. The van der Waals surface area contributed by atoms with Crippen molar-refractivity contribution >= 4 is 11.8 Å². The third kappa shape index (κ3) is 3.56. The Labute approximate surface area is 138 Å². The molecule has 0 aliphatic carbocycles. The van der Waals surface area contributed by atoms with E-state index in [-0.39, 0.29) is 30.0 Å². The van der Waals surface area contributed by atoms with Gasteiger partial charge in [-0.2, -0.15) is 0 Å². The Balaban J connectivity index is 1.58. The number of likely N-dealkylation sites (tertiary alicyclic amines) is 1. The van der Waals surface area contributed by atoms with Crippen LogP contribution in [0.3, 0.4) is 0 Å². The number of nitrogens with two attached hydrogens (primary N) is 1. The second-order valence-corrected chi connectivity index (χ2v) is 5.65. The number of benzene rings is 1. The predicted octanol–water partition coefficient (Wildman–Crippen LogP) is 1.95. The number of furan rings is 1. The van der Waals surface area contributed by atoms with Gasteiger partial charge < -0.3 is 19.8 Å². The standard InChI is InChI=1S/C17H17FN2O4/c18-12-1-3-13(4-2-12)23-10-14-5-6-15(24-14)17(22)20-8-7-11(9-20)16(19)21/h1-6,11H,7-10H2,(H2,19,21)/t11-/m0/s1. The maximum atomic E-state index is 12.8. The molecule has 1 atom stereocenters. The highest BCUT2D eigenvalue weighted by molar-refractivity contribution is 5.92. The van der Waals surface area contributed by atoms with Gasteiger partial charge >= 0.3 is 0 Å². The van der Waals surface area contributed by atoms with E-state index >= 15 is 0 Å². The van der Waals surface area contributed by atoms with Gasteiger partial charge in [-0.05, 0) is 42.8 Å². The maximum absolute atomic E-state index is 12.8. The van der Waals surface area contributed by atoms with E-state index in [4.69, 9.17) is 14.9 Å². The highest BCUT2D eigenvalue weighted by Gasteiger charge is 2.31. The normalized spacial score (nSPS) is 17.0. The summed E-state index contributed by atoms with van der Waals surface area (Å²) in [5.41, 5.74) is 5.27. The lowest BCUT2D eigenvalue weighted by atomic mass is 10.1. The van der Waals surface area contributed by atoms with Crippen molar-refractivity contribution in [1.82, 2.24) is 4.90 Å². The van der Waals surface area contributed by atoms with Crippen molar-refractivity contribution in [2.75, 3.05) is 13.1 Å². The lowest BCUT2D eigenvalue weighted by molar-refractivity contribution is -0.121. The number of ether oxygens (including phenoxy) is 1. The van der Waals surface area contributed by atoms with Gasteiger partial charge in [-0.3, -0.25) is 9.59 Å². The first-order chi connectivity index (χ1) is 11.5. The minimum absolute atomic E-state index is 0.128. The fourth-order valence-corrected chi connectivity index (χ4v) is 2.59. The Morgan fingerprint density at radius 1 is 1.25 bits per heavy atom. The number of hydrogen-bond acceptors (Lipinski definition) is 4. The summed E-state index contributed by atoms with van der Waals surface area (Å²) < 4.78 is 23.8. The summed E-state index contributed by atoms with van der Waals surface area (Å²) in [6.07, 6.45) is 0.572. The number of carbonyl (C=O) groups is 2. The third-order valence-corrected chi connectivity index (χ3v) is 3.95.